The fourth-order valence-electron chi connectivity index (χ4n) is 3.04. The number of rotatable bonds is 6. The molecule has 0 aliphatic carbocycles. The van der Waals surface area contributed by atoms with Crippen molar-refractivity contribution in [2.24, 2.45) is 0 Å². The molecule has 1 aromatic carbocycles. The summed E-state index contributed by atoms with van der Waals surface area (Å²) in [5, 5.41) is 13.4. The van der Waals surface area contributed by atoms with Gasteiger partial charge in [0.2, 0.25) is 5.82 Å². The smallest absolute Gasteiger partial charge is 0.305 e. The van der Waals surface area contributed by atoms with E-state index in [1.165, 1.54) is 31.9 Å². The molecule has 0 aromatic heterocycles. The number of piperidine rings is 1. The number of halogens is 1. The lowest BCUT2D eigenvalue weighted by molar-refractivity contribution is -0.928. The number of nitrogens with one attached hydrogen (secondary N) is 2. The molecule has 1 amide bonds. The van der Waals surface area contributed by atoms with Crippen LogP contribution < -0.4 is 10.2 Å². The van der Waals surface area contributed by atoms with Crippen LogP contribution in [-0.2, 0) is 0 Å². The molecule has 1 fully saturated rings. The van der Waals surface area contributed by atoms with Crippen molar-refractivity contribution in [3.05, 3.63) is 39.7 Å². The van der Waals surface area contributed by atoms with Crippen LogP contribution in [0.15, 0.2) is 18.2 Å². The van der Waals surface area contributed by atoms with Crippen LogP contribution in [0.1, 0.15) is 43.0 Å². The van der Waals surface area contributed by atoms with Crippen molar-refractivity contribution in [3.63, 3.8) is 0 Å². The molecule has 126 valence electrons. The molecule has 0 bridgehead atoms. The Bertz CT molecular complexity index is 580. The Balaban J connectivity index is 1.81. The second-order valence-corrected chi connectivity index (χ2v) is 6.09. The van der Waals surface area contributed by atoms with Gasteiger partial charge in [0.15, 0.2) is 0 Å². The van der Waals surface area contributed by atoms with Crippen LogP contribution >= 0.6 is 0 Å². The fraction of sp³-hybridized carbons (Fsp3) is 0.562. The Kier molecular flexibility index (Phi) is 6.04. The van der Waals surface area contributed by atoms with Crippen molar-refractivity contribution < 1.29 is 19.0 Å². The number of quaternary nitrogens is 1. The van der Waals surface area contributed by atoms with Gasteiger partial charge in [-0.15, -0.1) is 0 Å². The molecule has 1 aliphatic heterocycles. The molecule has 6 nitrogen and oxygen atoms in total. The summed E-state index contributed by atoms with van der Waals surface area (Å²) in [6.45, 7) is 4.95. The molecule has 2 rings (SSSR count). The van der Waals surface area contributed by atoms with Crippen molar-refractivity contribution >= 4 is 11.6 Å². The third-order valence-electron chi connectivity index (χ3n) is 4.45. The van der Waals surface area contributed by atoms with Crippen molar-refractivity contribution in [2.75, 3.05) is 19.6 Å². The van der Waals surface area contributed by atoms with Crippen LogP contribution in [0.4, 0.5) is 10.1 Å². The molecule has 1 unspecified atom stereocenters. The quantitative estimate of drug-likeness (QED) is 0.471. The summed E-state index contributed by atoms with van der Waals surface area (Å²) in [7, 11) is 0. The maximum Gasteiger partial charge on any atom is 0.305 e. The monoisotopic (exact) mass is 324 g/mol. The average Bonchev–Trinajstić information content (AvgIpc) is 2.53. The van der Waals surface area contributed by atoms with Gasteiger partial charge in [-0.05, 0) is 38.3 Å². The molecule has 0 radical (unpaired) electrons. The number of amides is 1. The fourth-order valence-corrected chi connectivity index (χ4v) is 3.04. The maximum absolute atomic E-state index is 13.3. The highest BCUT2D eigenvalue weighted by Crippen LogP contribution is 2.18. The first kappa shape index (κ1) is 17.3. The van der Waals surface area contributed by atoms with E-state index in [2.05, 4.69) is 12.2 Å². The van der Waals surface area contributed by atoms with E-state index < -0.39 is 22.3 Å². The molecule has 1 aromatic rings. The summed E-state index contributed by atoms with van der Waals surface area (Å²) < 4.78 is 13.3. The second kappa shape index (κ2) is 8.01. The predicted molar refractivity (Wildman–Crippen MR) is 84.0 cm³/mol. The Morgan fingerprint density at radius 2 is 2.26 bits per heavy atom. The van der Waals surface area contributed by atoms with Crippen molar-refractivity contribution in [2.45, 2.75) is 38.6 Å². The second-order valence-electron chi connectivity index (χ2n) is 6.09. The van der Waals surface area contributed by atoms with Gasteiger partial charge in [-0.3, -0.25) is 14.9 Å². The molecule has 1 aliphatic rings. The molecule has 7 heteroatoms. The van der Waals surface area contributed by atoms with E-state index in [0.717, 1.165) is 25.1 Å². The first-order valence-corrected chi connectivity index (χ1v) is 8.05. The Morgan fingerprint density at radius 1 is 1.48 bits per heavy atom. The number of carbonyl (C=O) groups excluding carboxylic acids is 1. The molecule has 0 spiro atoms. The van der Waals surface area contributed by atoms with Gasteiger partial charge in [-0.2, -0.15) is 4.39 Å². The summed E-state index contributed by atoms with van der Waals surface area (Å²) in [5.74, 6) is -1.34. The predicted octanol–water partition coefficient (Wildman–Crippen LogP) is 1.31. The van der Waals surface area contributed by atoms with Gasteiger partial charge in [-0.1, -0.05) is 0 Å². The summed E-state index contributed by atoms with van der Waals surface area (Å²) >= 11 is 0. The number of nitrogens with zero attached hydrogens (tertiary/aromatic N) is 1. The number of hydrogen-bond acceptors (Lipinski definition) is 3. The Hall–Kier alpha value is -2.02. The molecular formula is C16H23FN3O3+. The molecule has 1 heterocycles. The number of hydrogen-bond donors (Lipinski definition) is 2. The number of nitro groups is 1. The number of benzene rings is 1. The van der Waals surface area contributed by atoms with Crippen LogP contribution in [0.5, 0.6) is 0 Å². The first-order valence-electron chi connectivity index (χ1n) is 8.05. The third kappa shape index (κ3) is 4.72. The van der Waals surface area contributed by atoms with Gasteiger partial charge in [0.05, 0.1) is 24.1 Å². The van der Waals surface area contributed by atoms with Crippen molar-refractivity contribution in [1.82, 2.24) is 5.32 Å². The Labute approximate surface area is 134 Å². The van der Waals surface area contributed by atoms with E-state index in [0.29, 0.717) is 12.6 Å². The van der Waals surface area contributed by atoms with Crippen LogP contribution in [0.2, 0.25) is 0 Å². The SMILES string of the molecule is C[C@@H]1CCCC[NH+]1CCCNC(=O)c1ccc(F)c([N+](=O)[O-])c1. The van der Waals surface area contributed by atoms with Crippen LogP contribution in [0.3, 0.4) is 0 Å². The molecule has 0 saturated carbocycles. The summed E-state index contributed by atoms with van der Waals surface area (Å²) in [6.07, 6.45) is 4.66. The Morgan fingerprint density at radius 3 is 2.96 bits per heavy atom. The minimum atomic E-state index is -0.936. The van der Waals surface area contributed by atoms with Crippen molar-refractivity contribution in [3.8, 4) is 0 Å². The number of carbonyl (C=O) groups is 1. The van der Waals surface area contributed by atoms with Gasteiger partial charge >= 0.3 is 5.69 Å². The van der Waals surface area contributed by atoms with Crippen molar-refractivity contribution in [1.29, 1.82) is 0 Å². The van der Waals surface area contributed by atoms with Gasteiger partial charge in [0, 0.05) is 24.6 Å². The van der Waals surface area contributed by atoms with E-state index in [1.54, 1.807) is 4.90 Å². The zero-order valence-electron chi connectivity index (χ0n) is 13.3. The van der Waals surface area contributed by atoms with Crippen LogP contribution in [-0.4, -0.2) is 36.5 Å². The molecular weight excluding hydrogens is 301 g/mol. The number of likely N-dealkylation sites (tertiary alicyclic amines) is 1. The first-order chi connectivity index (χ1) is 11.0. The highest BCUT2D eigenvalue weighted by molar-refractivity contribution is 5.94. The van der Waals surface area contributed by atoms with Gasteiger partial charge in [-0.25, -0.2) is 0 Å². The highest BCUT2D eigenvalue weighted by atomic mass is 19.1. The average molecular weight is 324 g/mol. The maximum atomic E-state index is 13.3. The van der Waals surface area contributed by atoms with Crippen LogP contribution in [0.25, 0.3) is 0 Å². The lowest BCUT2D eigenvalue weighted by atomic mass is 10.0. The molecule has 2 atom stereocenters. The summed E-state index contributed by atoms with van der Waals surface area (Å²) in [4.78, 5) is 23.4. The van der Waals surface area contributed by atoms with E-state index in [1.807, 2.05) is 0 Å². The highest BCUT2D eigenvalue weighted by Gasteiger charge is 2.21. The normalized spacial score (nSPS) is 21.0. The lowest BCUT2D eigenvalue weighted by Gasteiger charge is -2.30. The van der Waals surface area contributed by atoms with E-state index in [-0.39, 0.29) is 5.56 Å². The summed E-state index contributed by atoms with van der Waals surface area (Å²) in [5.41, 5.74) is -0.568. The zero-order chi connectivity index (χ0) is 16.8. The standard InChI is InChI=1S/C16H22FN3O3/c1-12-5-2-3-9-19(12)10-4-8-18-16(21)13-6-7-14(17)15(11-13)20(22)23/h6-7,11-12H,2-5,8-10H2,1H3,(H,18,21)/p+1/t12-/m1/s1. The molecule has 2 N–H and O–H groups in total. The lowest BCUT2D eigenvalue weighted by Crippen LogP contribution is -3.16. The third-order valence-corrected chi connectivity index (χ3v) is 4.45. The van der Waals surface area contributed by atoms with Crippen LogP contribution in [0, 0.1) is 15.9 Å². The van der Waals surface area contributed by atoms with Gasteiger partial charge in [0.25, 0.3) is 5.91 Å². The summed E-state index contributed by atoms with van der Waals surface area (Å²) in [6, 6.07) is 3.85. The van der Waals surface area contributed by atoms with Gasteiger partial charge < -0.3 is 10.2 Å². The van der Waals surface area contributed by atoms with Gasteiger partial charge in [0.1, 0.15) is 0 Å². The zero-order valence-corrected chi connectivity index (χ0v) is 13.3. The molecule has 23 heavy (non-hydrogen) atoms. The minimum Gasteiger partial charge on any atom is -0.352 e. The van der Waals surface area contributed by atoms with E-state index in [9.17, 15) is 19.3 Å². The number of nitro benzene ring substituents is 1. The van der Waals surface area contributed by atoms with E-state index in [4.69, 9.17) is 0 Å². The minimum absolute atomic E-state index is 0.108. The molecule has 1 saturated heterocycles. The largest absolute Gasteiger partial charge is 0.352 e. The topological polar surface area (TPSA) is 76.7 Å². The van der Waals surface area contributed by atoms with E-state index >= 15 is 0 Å².